The maximum absolute atomic E-state index is 13.9. The van der Waals surface area contributed by atoms with Crippen LogP contribution in [0.3, 0.4) is 0 Å². The SMILES string of the molecule is Fc1cccc(F)c1-n1c(=S)[nH]c2ccc(Br)cc21. The number of fused-ring (bicyclic) bond motifs is 1. The number of para-hydroxylation sites is 1. The Balaban J connectivity index is 2.46. The van der Waals surface area contributed by atoms with Crippen molar-refractivity contribution in [2.45, 2.75) is 0 Å². The molecule has 0 amide bonds. The second-order valence-electron chi connectivity index (χ2n) is 4.00. The molecule has 96 valence electrons. The molecule has 1 heterocycles. The van der Waals surface area contributed by atoms with Gasteiger partial charge in [-0.15, -0.1) is 0 Å². The van der Waals surface area contributed by atoms with Crippen molar-refractivity contribution in [2.75, 3.05) is 0 Å². The Bertz CT molecular complexity index is 818. The number of benzene rings is 2. The minimum atomic E-state index is -0.656. The molecule has 0 atom stereocenters. The molecular weight excluding hydrogens is 334 g/mol. The van der Waals surface area contributed by atoms with Crippen LogP contribution >= 0.6 is 28.1 Å². The molecule has 1 aromatic heterocycles. The van der Waals surface area contributed by atoms with Gasteiger partial charge in [-0.25, -0.2) is 8.78 Å². The highest BCUT2D eigenvalue weighted by Crippen LogP contribution is 2.26. The van der Waals surface area contributed by atoms with Crippen LogP contribution in [-0.4, -0.2) is 9.55 Å². The topological polar surface area (TPSA) is 20.7 Å². The first-order valence-electron chi connectivity index (χ1n) is 5.42. The fourth-order valence-electron chi connectivity index (χ4n) is 2.00. The second-order valence-corrected chi connectivity index (χ2v) is 5.30. The summed E-state index contributed by atoms with van der Waals surface area (Å²) in [6.45, 7) is 0. The van der Waals surface area contributed by atoms with E-state index in [-0.39, 0.29) is 10.5 Å². The molecule has 0 saturated carbocycles. The smallest absolute Gasteiger partial charge is 0.182 e. The van der Waals surface area contributed by atoms with Crippen LogP contribution in [0.5, 0.6) is 0 Å². The standard InChI is InChI=1S/C13H7BrF2N2S/c14-7-4-5-10-11(6-7)18(13(19)17-10)12-8(15)2-1-3-9(12)16/h1-6H,(H,17,19). The third-order valence-corrected chi connectivity index (χ3v) is 3.58. The number of aromatic nitrogens is 2. The van der Waals surface area contributed by atoms with Crippen molar-refractivity contribution in [3.05, 3.63) is 57.3 Å². The molecule has 0 saturated heterocycles. The first-order chi connectivity index (χ1) is 9.08. The van der Waals surface area contributed by atoms with Gasteiger partial charge in [0.2, 0.25) is 0 Å². The van der Waals surface area contributed by atoms with Crippen LogP contribution in [0.2, 0.25) is 0 Å². The quantitative estimate of drug-likeness (QED) is 0.635. The molecule has 0 unspecified atom stereocenters. The van der Waals surface area contributed by atoms with Gasteiger partial charge in [0.05, 0.1) is 11.0 Å². The maximum Gasteiger partial charge on any atom is 0.182 e. The number of hydrogen-bond donors (Lipinski definition) is 1. The van der Waals surface area contributed by atoms with Gasteiger partial charge in [0.25, 0.3) is 0 Å². The number of aromatic amines is 1. The summed E-state index contributed by atoms with van der Waals surface area (Å²) in [6, 6.07) is 9.12. The molecule has 3 rings (SSSR count). The summed E-state index contributed by atoms with van der Waals surface area (Å²) >= 11 is 8.49. The van der Waals surface area contributed by atoms with Gasteiger partial charge in [-0.1, -0.05) is 22.0 Å². The third-order valence-electron chi connectivity index (χ3n) is 2.81. The van der Waals surface area contributed by atoms with E-state index in [2.05, 4.69) is 20.9 Å². The average Bonchev–Trinajstić information content (AvgIpc) is 2.66. The van der Waals surface area contributed by atoms with Crippen molar-refractivity contribution in [1.82, 2.24) is 9.55 Å². The van der Waals surface area contributed by atoms with Crippen molar-refractivity contribution in [2.24, 2.45) is 0 Å². The van der Waals surface area contributed by atoms with Crippen LogP contribution < -0.4 is 0 Å². The van der Waals surface area contributed by atoms with E-state index in [0.717, 1.165) is 9.99 Å². The summed E-state index contributed by atoms with van der Waals surface area (Å²) < 4.78 is 30.2. The van der Waals surface area contributed by atoms with Gasteiger partial charge in [-0.05, 0) is 42.5 Å². The average molecular weight is 341 g/mol. The predicted octanol–water partition coefficient (Wildman–Crippen LogP) is 4.73. The normalized spacial score (nSPS) is 11.1. The minimum Gasteiger partial charge on any atom is -0.330 e. The Morgan fingerprint density at radius 1 is 1.11 bits per heavy atom. The number of halogens is 3. The Morgan fingerprint density at radius 2 is 1.79 bits per heavy atom. The van der Waals surface area contributed by atoms with Gasteiger partial charge in [0.15, 0.2) is 4.77 Å². The lowest BCUT2D eigenvalue weighted by Crippen LogP contribution is -2.01. The molecule has 0 fully saturated rings. The molecule has 19 heavy (non-hydrogen) atoms. The van der Waals surface area contributed by atoms with Crippen molar-refractivity contribution in [3.8, 4) is 5.69 Å². The Hall–Kier alpha value is -1.53. The lowest BCUT2D eigenvalue weighted by Gasteiger charge is -2.07. The van der Waals surface area contributed by atoms with E-state index in [9.17, 15) is 8.78 Å². The summed E-state index contributed by atoms with van der Waals surface area (Å²) in [7, 11) is 0. The number of hydrogen-bond acceptors (Lipinski definition) is 1. The highest BCUT2D eigenvalue weighted by Gasteiger charge is 2.15. The number of nitrogens with one attached hydrogen (secondary N) is 1. The van der Waals surface area contributed by atoms with E-state index >= 15 is 0 Å². The zero-order valence-electron chi connectivity index (χ0n) is 9.45. The predicted molar refractivity (Wildman–Crippen MR) is 76.1 cm³/mol. The summed E-state index contributed by atoms with van der Waals surface area (Å²) in [6.07, 6.45) is 0. The molecular formula is C13H7BrF2N2S. The van der Waals surface area contributed by atoms with Gasteiger partial charge >= 0.3 is 0 Å². The lowest BCUT2D eigenvalue weighted by molar-refractivity contribution is 0.570. The number of H-pyrrole nitrogens is 1. The number of nitrogens with zero attached hydrogens (tertiary/aromatic N) is 1. The van der Waals surface area contributed by atoms with Gasteiger partial charge < -0.3 is 4.98 Å². The summed E-state index contributed by atoms with van der Waals surface area (Å²) in [5.41, 5.74) is 1.16. The molecule has 0 radical (unpaired) electrons. The fraction of sp³-hybridized carbons (Fsp3) is 0. The molecule has 0 bridgehead atoms. The molecule has 1 N–H and O–H groups in total. The van der Waals surface area contributed by atoms with Crippen LogP contribution in [-0.2, 0) is 0 Å². The Morgan fingerprint density at radius 3 is 2.47 bits per heavy atom. The zero-order valence-corrected chi connectivity index (χ0v) is 11.9. The van der Waals surface area contributed by atoms with Crippen molar-refractivity contribution in [3.63, 3.8) is 0 Å². The Labute approximate surface area is 120 Å². The van der Waals surface area contributed by atoms with E-state index in [1.807, 2.05) is 6.07 Å². The molecule has 0 aliphatic carbocycles. The van der Waals surface area contributed by atoms with Gasteiger partial charge in [0, 0.05) is 4.47 Å². The molecule has 0 spiro atoms. The first-order valence-corrected chi connectivity index (χ1v) is 6.63. The molecule has 2 aromatic carbocycles. The van der Waals surface area contributed by atoms with Gasteiger partial charge in [-0.3, -0.25) is 4.57 Å². The van der Waals surface area contributed by atoms with E-state index in [4.69, 9.17) is 12.2 Å². The number of imidazole rings is 1. The summed E-state index contributed by atoms with van der Waals surface area (Å²) in [4.78, 5) is 2.93. The maximum atomic E-state index is 13.9. The first kappa shape index (κ1) is 12.5. The van der Waals surface area contributed by atoms with E-state index in [1.54, 1.807) is 12.1 Å². The van der Waals surface area contributed by atoms with Crippen LogP contribution in [0.1, 0.15) is 0 Å². The van der Waals surface area contributed by atoms with E-state index in [0.29, 0.717) is 5.52 Å². The van der Waals surface area contributed by atoms with Crippen molar-refractivity contribution in [1.29, 1.82) is 0 Å². The van der Waals surface area contributed by atoms with Crippen molar-refractivity contribution >= 4 is 39.2 Å². The molecule has 3 aromatic rings. The van der Waals surface area contributed by atoms with Crippen LogP contribution in [0.15, 0.2) is 40.9 Å². The monoisotopic (exact) mass is 340 g/mol. The Kier molecular flexibility index (Phi) is 2.99. The highest BCUT2D eigenvalue weighted by molar-refractivity contribution is 9.10. The van der Waals surface area contributed by atoms with Crippen LogP contribution in [0.4, 0.5) is 8.78 Å². The summed E-state index contributed by atoms with van der Waals surface area (Å²) in [5, 5.41) is 0. The minimum absolute atomic E-state index is 0.170. The lowest BCUT2D eigenvalue weighted by atomic mass is 10.2. The van der Waals surface area contributed by atoms with E-state index in [1.165, 1.54) is 22.8 Å². The van der Waals surface area contributed by atoms with Crippen LogP contribution in [0.25, 0.3) is 16.7 Å². The van der Waals surface area contributed by atoms with Gasteiger partial charge in [-0.2, -0.15) is 0 Å². The van der Waals surface area contributed by atoms with E-state index < -0.39 is 11.6 Å². The molecule has 6 heteroatoms. The fourth-order valence-corrected chi connectivity index (χ4v) is 2.65. The highest BCUT2D eigenvalue weighted by atomic mass is 79.9. The summed E-state index contributed by atoms with van der Waals surface area (Å²) in [5.74, 6) is -1.31. The molecule has 0 aliphatic heterocycles. The van der Waals surface area contributed by atoms with Gasteiger partial charge in [0.1, 0.15) is 17.3 Å². The van der Waals surface area contributed by atoms with Crippen molar-refractivity contribution < 1.29 is 8.78 Å². The van der Waals surface area contributed by atoms with Crippen LogP contribution in [0, 0.1) is 16.4 Å². The molecule has 0 aliphatic rings. The second kappa shape index (κ2) is 4.54. The third kappa shape index (κ3) is 2.01. The number of rotatable bonds is 1. The zero-order chi connectivity index (χ0) is 13.6. The molecule has 2 nitrogen and oxygen atoms in total. The largest absolute Gasteiger partial charge is 0.330 e.